The van der Waals surface area contributed by atoms with Crippen LogP contribution in [0.3, 0.4) is 0 Å². The maximum atomic E-state index is 13.4. The van der Waals surface area contributed by atoms with Gasteiger partial charge in [-0.3, -0.25) is 0 Å². The van der Waals surface area contributed by atoms with Gasteiger partial charge in [-0.05, 0) is 55.8 Å². The average Bonchev–Trinajstić information content (AvgIpc) is 2.46. The minimum absolute atomic E-state index is 0.200. The molecular formula is C16H20ClF3IN3O2. The topological polar surface area (TPSA) is 54.5 Å². The van der Waals surface area contributed by atoms with Crippen LogP contribution < -0.4 is 10.2 Å². The number of ether oxygens (including phenoxy) is 1. The van der Waals surface area contributed by atoms with Gasteiger partial charge in [0.05, 0.1) is 21.2 Å². The van der Waals surface area contributed by atoms with E-state index in [0.717, 1.165) is 0 Å². The van der Waals surface area contributed by atoms with Crippen molar-refractivity contribution in [2.75, 3.05) is 18.0 Å². The third-order valence-corrected chi connectivity index (χ3v) is 4.81. The number of halogens is 5. The van der Waals surface area contributed by atoms with Gasteiger partial charge in [0.15, 0.2) is 0 Å². The van der Waals surface area contributed by atoms with Crippen molar-refractivity contribution in [3.63, 3.8) is 0 Å². The van der Waals surface area contributed by atoms with E-state index in [2.05, 4.69) is 10.3 Å². The normalized spacial score (nSPS) is 21.5. The number of aromatic nitrogens is 1. The predicted octanol–water partition coefficient (Wildman–Crippen LogP) is 4.62. The number of piperidine rings is 1. The highest BCUT2D eigenvalue weighted by atomic mass is 127. The third-order valence-electron chi connectivity index (χ3n) is 3.78. The second-order valence-corrected chi connectivity index (χ2v) is 8.73. The number of pyridine rings is 1. The lowest BCUT2D eigenvalue weighted by atomic mass is 9.93. The van der Waals surface area contributed by atoms with Crippen molar-refractivity contribution in [2.24, 2.45) is 5.92 Å². The van der Waals surface area contributed by atoms with Gasteiger partial charge >= 0.3 is 12.3 Å². The quantitative estimate of drug-likeness (QED) is 0.471. The van der Waals surface area contributed by atoms with Crippen LogP contribution in [-0.2, 0) is 4.74 Å². The Labute approximate surface area is 168 Å². The van der Waals surface area contributed by atoms with Gasteiger partial charge in [0, 0.05) is 19.3 Å². The first kappa shape index (κ1) is 21.3. The zero-order valence-electron chi connectivity index (χ0n) is 14.5. The molecule has 5 nitrogen and oxygen atoms in total. The number of nitrogens with one attached hydrogen (secondary N) is 1. The lowest BCUT2D eigenvalue weighted by molar-refractivity contribution is -0.177. The van der Waals surface area contributed by atoms with Crippen LogP contribution in [0.1, 0.15) is 27.2 Å². The van der Waals surface area contributed by atoms with Gasteiger partial charge in [0.1, 0.15) is 10.8 Å². The van der Waals surface area contributed by atoms with E-state index in [1.807, 2.05) is 22.6 Å². The van der Waals surface area contributed by atoms with Crippen LogP contribution in [0.5, 0.6) is 0 Å². The van der Waals surface area contributed by atoms with Crippen molar-refractivity contribution in [1.29, 1.82) is 0 Å². The van der Waals surface area contributed by atoms with Gasteiger partial charge < -0.3 is 15.0 Å². The molecule has 2 heterocycles. The Bertz CT molecular complexity index is 667. The summed E-state index contributed by atoms with van der Waals surface area (Å²) in [5.74, 6) is -1.57. The van der Waals surface area contributed by atoms with E-state index in [-0.39, 0.29) is 24.7 Å². The largest absolute Gasteiger partial charge is 0.444 e. The first-order valence-electron chi connectivity index (χ1n) is 7.97. The standard InChI is InChI=1S/C16H20ClF3IN3O2/c1-15(2,3)26-14(25)23-10-4-9(16(18,19)20)7-24(8-10)12-5-13(17)22-6-11(12)21/h5-6,9-10H,4,7-8H2,1-3H3,(H,23,25)/t9-,10+/m1/s1. The first-order valence-corrected chi connectivity index (χ1v) is 9.43. The summed E-state index contributed by atoms with van der Waals surface area (Å²) in [5.41, 5.74) is -0.161. The fraction of sp³-hybridized carbons (Fsp3) is 0.625. The second-order valence-electron chi connectivity index (χ2n) is 7.18. The maximum absolute atomic E-state index is 13.4. The highest BCUT2D eigenvalue weighted by molar-refractivity contribution is 14.1. The van der Waals surface area contributed by atoms with E-state index in [0.29, 0.717) is 9.26 Å². The molecule has 0 aromatic carbocycles. The van der Waals surface area contributed by atoms with E-state index in [1.165, 1.54) is 12.3 Å². The van der Waals surface area contributed by atoms with Crippen molar-refractivity contribution in [3.8, 4) is 0 Å². The summed E-state index contributed by atoms with van der Waals surface area (Å²) in [6, 6.07) is 0.833. The number of carbonyl (C=O) groups is 1. The number of carbonyl (C=O) groups excluding carboxylic acids is 1. The number of anilines is 1. The van der Waals surface area contributed by atoms with E-state index < -0.39 is 29.8 Å². The molecule has 1 fully saturated rings. The molecule has 1 N–H and O–H groups in total. The Morgan fingerprint density at radius 1 is 1.38 bits per heavy atom. The second kappa shape index (κ2) is 7.95. The van der Waals surface area contributed by atoms with Crippen molar-refractivity contribution in [3.05, 3.63) is 21.0 Å². The third kappa shape index (κ3) is 6.04. The Balaban J connectivity index is 2.21. The number of hydrogen-bond donors (Lipinski definition) is 1. The maximum Gasteiger partial charge on any atom is 0.407 e. The van der Waals surface area contributed by atoms with Gasteiger partial charge in [-0.1, -0.05) is 11.6 Å². The van der Waals surface area contributed by atoms with Crippen LogP contribution in [0.15, 0.2) is 12.3 Å². The molecule has 0 spiro atoms. The van der Waals surface area contributed by atoms with Gasteiger partial charge in [0.25, 0.3) is 0 Å². The summed E-state index contributed by atoms with van der Waals surface area (Å²) < 4.78 is 46.0. The molecule has 2 atom stereocenters. The molecule has 0 aliphatic carbocycles. The van der Waals surface area contributed by atoms with Crippen LogP contribution in [0.2, 0.25) is 5.15 Å². The minimum atomic E-state index is -4.37. The molecular weight excluding hydrogens is 486 g/mol. The average molecular weight is 506 g/mol. The highest BCUT2D eigenvalue weighted by Crippen LogP contribution is 2.36. The summed E-state index contributed by atoms with van der Waals surface area (Å²) in [5, 5.41) is 2.76. The molecule has 0 unspecified atom stereocenters. The molecule has 0 radical (unpaired) electrons. The lowest BCUT2D eigenvalue weighted by Crippen LogP contribution is -2.54. The summed E-state index contributed by atoms with van der Waals surface area (Å²) in [7, 11) is 0. The smallest absolute Gasteiger partial charge is 0.407 e. The number of hydrogen-bond acceptors (Lipinski definition) is 4. The molecule has 1 aliphatic heterocycles. The van der Waals surface area contributed by atoms with Crippen molar-refractivity contribution >= 4 is 46.0 Å². The summed E-state index contributed by atoms with van der Waals surface area (Å²) >= 11 is 7.90. The zero-order valence-corrected chi connectivity index (χ0v) is 17.4. The number of amides is 1. The van der Waals surface area contributed by atoms with Crippen molar-refractivity contribution < 1.29 is 22.7 Å². The lowest BCUT2D eigenvalue weighted by Gasteiger charge is -2.40. The van der Waals surface area contributed by atoms with Crippen LogP contribution in [0, 0.1) is 9.49 Å². The van der Waals surface area contributed by atoms with Gasteiger partial charge in [0.2, 0.25) is 0 Å². The Morgan fingerprint density at radius 3 is 2.62 bits per heavy atom. The first-order chi connectivity index (χ1) is 11.8. The molecule has 146 valence electrons. The zero-order chi connectivity index (χ0) is 19.7. The monoisotopic (exact) mass is 505 g/mol. The molecule has 1 aliphatic rings. The minimum Gasteiger partial charge on any atom is -0.444 e. The van der Waals surface area contributed by atoms with E-state index >= 15 is 0 Å². The van der Waals surface area contributed by atoms with Gasteiger partial charge in [-0.2, -0.15) is 13.2 Å². The van der Waals surface area contributed by atoms with Crippen LogP contribution >= 0.6 is 34.2 Å². The highest BCUT2D eigenvalue weighted by Gasteiger charge is 2.45. The fourth-order valence-electron chi connectivity index (χ4n) is 2.76. The number of rotatable bonds is 2. The molecule has 1 aromatic rings. The Hall–Kier alpha value is -0.970. The van der Waals surface area contributed by atoms with Crippen LogP contribution in [0.25, 0.3) is 0 Å². The molecule has 0 saturated carbocycles. The summed E-state index contributed by atoms with van der Waals surface area (Å²) in [6.45, 7) is 5.10. The predicted molar refractivity (Wildman–Crippen MR) is 101 cm³/mol. The van der Waals surface area contributed by atoms with Crippen molar-refractivity contribution in [2.45, 2.75) is 45.0 Å². The Kier molecular flexibility index (Phi) is 6.53. The van der Waals surface area contributed by atoms with Gasteiger partial charge in [-0.25, -0.2) is 9.78 Å². The molecule has 10 heteroatoms. The van der Waals surface area contributed by atoms with E-state index in [9.17, 15) is 18.0 Å². The fourth-order valence-corrected chi connectivity index (χ4v) is 3.55. The Morgan fingerprint density at radius 2 is 2.04 bits per heavy atom. The van der Waals surface area contributed by atoms with Crippen molar-refractivity contribution in [1.82, 2.24) is 10.3 Å². The molecule has 1 amide bonds. The summed E-state index contributed by atoms with van der Waals surface area (Å²) in [4.78, 5) is 17.5. The van der Waals surface area contributed by atoms with Gasteiger partial charge in [-0.15, -0.1) is 0 Å². The molecule has 1 saturated heterocycles. The van der Waals surface area contributed by atoms with E-state index in [1.54, 1.807) is 25.7 Å². The number of alkyl carbamates (subject to hydrolysis) is 1. The van der Waals surface area contributed by atoms with Crippen LogP contribution in [-0.4, -0.2) is 42.0 Å². The number of nitrogens with zero attached hydrogens (tertiary/aromatic N) is 2. The summed E-state index contributed by atoms with van der Waals surface area (Å²) in [6.07, 6.45) is -3.79. The SMILES string of the molecule is CC(C)(C)OC(=O)N[C@H]1C[C@@H](C(F)(F)F)CN(c2cc(Cl)ncc2I)C1. The molecule has 26 heavy (non-hydrogen) atoms. The molecule has 0 bridgehead atoms. The number of alkyl halides is 3. The van der Waals surface area contributed by atoms with Crippen LogP contribution in [0.4, 0.5) is 23.7 Å². The molecule has 1 aromatic heterocycles. The molecule has 2 rings (SSSR count). The van der Waals surface area contributed by atoms with E-state index in [4.69, 9.17) is 16.3 Å².